The van der Waals surface area contributed by atoms with Crippen LogP contribution in [0.4, 0.5) is 0 Å². The number of hydrogen-bond acceptors (Lipinski definition) is 4. The van der Waals surface area contributed by atoms with E-state index in [1.807, 2.05) is 42.8 Å². The fourth-order valence-corrected chi connectivity index (χ4v) is 7.72. The van der Waals surface area contributed by atoms with Gasteiger partial charge in [-0.2, -0.15) is 0 Å². The molecule has 1 rings (SSSR count). The Labute approximate surface area is 109 Å². The minimum atomic E-state index is -2.00. The fraction of sp³-hybridized carbons (Fsp3) is 0.300. The van der Waals surface area contributed by atoms with E-state index in [0.29, 0.717) is 0 Å². The first kappa shape index (κ1) is 14.1. The molecule has 1 aromatic rings. The van der Waals surface area contributed by atoms with Crippen molar-refractivity contribution in [2.45, 2.75) is 5.66 Å². The highest BCUT2D eigenvalue weighted by Gasteiger charge is 2.34. The molecule has 0 fully saturated rings. The lowest BCUT2D eigenvalue weighted by atomic mass is 10.1. The van der Waals surface area contributed by atoms with Crippen LogP contribution in [0, 0.1) is 0 Å². The zero-order valence-electron chi connectivity index (χ0n) is 8.99. The molecule has 1 aromatic carbocycles. The highest BCUT2D eigenvalue weighted by molar-refractivity contribution is 9.00. The second-order valence-electron chi connectivity index (χ2n) is 3.06. The van der Waals surface area contributed by atoms with Gasteiger partial charge < -0.3 is 5.11 Å². The summed E-state index contributed by atoms with van der Waals surface area (Å²) in [4.78, 5) is 11.4. The van der Waals surface area contributed by atoms with Crippen molar-refractivity contribution < 1.29 is 9.90 Å². The molecular weight excluding hydrogens is 279 g/mol. The predicted molar refractivity (Wildman–Crippen MR) is 78.1 cm³/mol. The van der Waals surface area contributed by atoms with Gasteiger partial charge in [-0.05, 0) is 18.1 Å². The Morgan fingerprint density at radius 1 is 1.31 bits per heavy atom. The summed E-state index contributed by atoms with van der Waals surface area (Å²) < 4.78 is -2.00. The number of carboxylic acid groups (broad SMARTS) is 1. The third kappa shape index (κ3) is 3.04. The van der Waals surface area contributed by atoms with Gasteiger partial charge in [-0.1, -0.05) is 42.1 Å². The standard InChI is InChI=1S/C10H13O2PS3/c1-15-13(14,16-2)9(10(11)12)8-6-4-3-5-7-8/h3-7,9H,1-2H3,(H,11,12). The van der Waals surface area contributed by atoms with Crippen LogP contribution in [0.5, 0.6) is 0 Å². The van der Waals surface area contributed by atoms with Crippen LogP contribution in [0.15, 0.2) is 30.3 Å². The predicted octanol–water partition coefficient (Wildman–Crippen LogP) is 3.85. The highest BCUT2D eigenvalue weighted by atomic mass is 33.2. The van der Waals surface area contributed by atoms with Crippen LogP contribution >= 0.6 is 27.2 Å². The molecule has 0 spiro atoms. The van der Waals surface area contributed by atoms with Crippen LogP contribution in [-0.2, 0) is 16.6 Å². The van der Waals surface area contributed by atoms with Crippen LogP contribution < -0.4 is 0 Å². The van der Waals surface area contributed by atoms with Gasteiger partial charge in [-0.3, -0.25) is 4.79 Å². The topological polar surface area (TPSA) is 37.3 Å². The lowest BCUT2D eigenvalue weighted by Crippen LogP contribution is -2.09. The SMILES string of the molecule is CSP(=S)(SC)C(C(=O)O)c1ccccc1. The van der Waals surface area contributed by atoms with Crippen molar-refractivity contribution in [3.63, 3.8) is 0 Å². The number of hydrogen-bond donors (Lipinski definition) is 1. The molecule has 1 atom stereocenters. The first-order chi connectivity index (χ1) is 7.55. The third-order valence-electron chi connectivity index (χ3n) is 2.17. The molecule has 1 unspecified atom stereocenters. The largest absolute Gasteiger partial charge is 0.480 e. The summed E-state index contributed by atoms with van der Waals surface area (Å²) in [5, 5.41) is 9.36. The van der Waals surface area contributed by atoms with E-state index in [0.717, 1.165) is 5.56 Å². The zero-order chi connectivity index (χ0) is 12.2. The maximum absolute atomic E-state index is 11.4. The summed E-state index contributed by atoms with van der Waals surface area (Å²) in [5.74, 6) is -0.821. The van der Waals surface area contributed by atoms with Gasteiger partial charge in [0.25, 0.3) is 0 Å². The molecule has 6 heteroatoms. The highest BCUT2D eigenvalue weighted by Crippen LogP contribution is 2.76. The molecule has 0 aliphatic carbocycles. The molecule has 2 nitrogen and oxygen atoms in total. The molecule has 16 heavy (non-hydrogen) atoms. The molecule has 1 N–H and O–H groups in total. The first-order valence-corrected chi connectivity index (χ1v) is 11.1. The van der Waals surface area contributed by atoms with Crippen molar-refractivity contribution in [2.24, 2.45) is 0 Å². The average Bonchev–Trinajstić information content (AvgIpc) is 2.30. The molecule has 0 aliphatic rings. The Hall–Kier alpha value is 0.0400. The van der Waals surface area contributed by atoms with Crippen molar-refractivity contribution in [1.29, 1.82) is 0 Å². The number of carboxylic acids is 1. The minimum absolute atomic E-state index is 0.561. The maximum Gasteiger partial charge on any atom is 0.317 e. The second kappa shape index (κ2) is 6.10. The van der Waals surface area contributed by atoms with E-state index in [2.05, 4.69) is 0 Å². The van der Waals surface area contributed by atoms with Crippen molar-refractivity contribution in [2.75, 3.05) is 12.5 Å². The maximum atomic E-state index is 11.4. The normalized spacial score (nSPS) is 13.4. The van der Waals surface area contributed by atoms with E-state index in [1.165, 1.54) is 22.8 Å². The molecule has 0 saturated heterocycles. The van der Waals surface area contributed by atoms with Crippen molar-refractivity contribution in [3.05, 3.63) is 35.9 Å². The molecule has 0 saturated carbocycles. The quantitative estimate of drug-likeness (QED) is 0.834. The van der Waals surface area contributed by atoms with E-state index >= 15 is 0 Å². The summed E-state index contributed by atoms with van der Waals surface area (Å²) in [6, 6.07) is 9.26. The lowest BCUT2D eigenvalue weighted by molar-refractivity contribution is -0.136. The number of carbonyl (C=O) groups is 1. The van der Waals surface area contributed by atoms with Crippen LogP contribution in [0.25, 0.3) is 0 Å². The van der Waals surface area contributed by atoms with Crippen molar-refractivity contribution in [1.82, 2.24) is 0 Å². The van der Waals surface area contributed by atoms with Gasteiger partial charge >= 0.3 is 5.97 Å². The average molecular weight is 292 g/mol. The van der Waals surface area contributed by atoms with Crippen molar-refractivity contribution in [3.8, 4) is 0 Å². The van der Waals surface area contributed by atoms with Gasteiger partial charge in [0.1, 0.15) is 5.66 Å². The van der Waals surface area contributed by atoms with E-state index in [4.69, 9.17) is 11.8 Å². The molecule has 0 bridgehead atoms. The van der Waals surface area contributed by atoms with Crippen LogP contribution in [0.2, 0.25) is 0 Å². The third-order valence-corrected chi connectivity index (χ3v) is 14.7. The number of benzene rings is 1. The minimum Gasteiger partial charge on any atom is -0.480 e. The molecule has 0 radical (unpaired) electrons. The van der Waals surface area contributed by atoms with Crippen molar-refractivity contribution >= 4 is 45.0 Å². The van der Waals surface area contributed by atoms with Crippen LogP contribution in [0.1, 0.15) is 11.2 Å². The smallest absolute Gasteiger partial charge is 0.317 e. The van der Waals surface area contributed by atoms with E-state index < -0.39 is 16.1 Å². The van der Waals surface area contributed by atoms with E-state index in [9.17, 15) is 9.90 Å². The van der Waals surface area contributed by atoms with Gasteiger partial charge in [-0.15, -0.1) is 22.8 Å². The van der Waals surface area contributed by atoms with Gasteiger partial charge in [0, 0.05) is 0 Å². The molecule has 0 amide bonds. The number of rotatable bonds is 5. The Morgan fingerprint density at radius 3 is 2.19 bits per heavy atom. The van der Waals surface area contributed by atoms with Crippen LogP contribution in [0.3, 0.4) is 0 Å². The van der Waals surface area contributed by atoms with E-state index in [-0.39, 0.29) is 0 Å². The molecule has 0 aliphatic heterocycles. The molecular formula is C10H13O2PS3. The Kier molecular flexibility index (Phi) is 5.38. The molecule has 0 heterocycles. The summed E-state index contributed by atoms with van der Waals surface area (Å²) in [6.45, 7) is 0. The Morgan fingerprint density at radius 2 is 1.81 bits per heavy atom. The van der Waals surface area contributed by atoms with Gasteiger partial charge in [-0.25, -0.2) is 0 Å². The number of aliphatic carboxylic acids is 1. The summed E-state index contributed by atoms with van der Waals surface area (Å²) in [5.41, 5.74) is 0.246. The summed E-state index contributed by atoms with van der Waals surface area (Å²) in [7, 11) is 0. The van der Waals surface area contributed by atoms with Gasteiger partial charge in [0.2, 0.25) is 0 Å². The van der Waals surface area contributed by atoms with Crippen LogP contribution in [-0.4, -0.2) is 23.6 Å². The Bertz CT molecular complexity index is 400. The fourth-order valence-electron chi connectivity index (χ4n) is 1.38. The Balaban J connectivity index is 3.20. The molecule has 88 valence electrons. The summed E-state index contributed by atoms with van der Waals surface area (Å²) in [6.07, 6.45) is 3.80. The molecule has 0 aromatic heterocycles. The first-order valence-electron chi connectivity index (χ1n) is 4.54. The monoisotopic (exact) mass is 292 g/mol. The summed E-state index contributed by atoms with van der Waals surface area (Å²) >= 11 is 8.56. The second-order valence-corrected chi connectivity index (χ2v) is 14.8. The van der Waals surface area contributed by atoms with Gasteiger partial charge in [0.15, 0.2) is 0 Å². The van der Waals surface area contributed by atoms with E-state index in [1.54, 1.807) is 0 Å². The van der Waals surface area contributed by atoms with Gasteiger partial charge in [0.05, 0.1) is 4.44 Å². The lowest BCUT2D eigenvalue weighted by Gasteiger charge is -2.24. The zero-order valence-corrected chi connectivity index (χ0v) is 12.3.